The molecule has 9 heteroatoms. The van der Waals surface area contributed by atoms with Gasteiger partial charge in [-0.05, 0) is 62.1 Å². The first-order chi connectivity index (χ1) is 14.7. The van der Waals surface area contributed by atoms with Crippen molar-refractivity contribution in [1.82, 2.24) is 8.87 Å². The van der Waals surface area contributed by atoms with Gasteiger partial charge in [-0.3, -0.25) is 4.79 Å². The highest BCUT2D eigenvalue weighted by molar-refractivity contribution is 7.89. The lowest BCUT2D eigenvalue weighted by molar-refractivity contribution is -0.122. The molecular formula is C22H24FN3O3S2. The van der Waals surface area contributed by atoms with Gasteiger partial charge in [0, 0.05) is 26.1 Å². The van der Waals surface area contributed by atoms with Gasteiger partial charge in [0.1, 0.15) is 5.82 Å². The SMILES string of the molecule is Cc1ccc(C)c2c1sc(=NC(=O)C1CCN(S(=O)(=O)c3ccc(F)cc3)CC1)n2C. The molecule has 164 valence electrons. The van der Waals surface area contributed by atoms with Crippen LogP contribution in [0.5, 0.6) is 0 Å². The Morgan fingerprint density at radius 2 is 1.68 bits per heavy atom. The van der Waals surface area contributed by atoms with E-state index in [1.165, 1.54) is 27.8 Å². The zero-order valence-corrected chi connectivity index (χ0v) is 19.3. The topological polar surface area (TPSA) is 71.7 Å². The van der Waals surface area contributed by atoms with Crippen molar-refractivity contribution in [3.63, 3.8) is 0 Å². The zero-order chi connectivity index (χ0) is 22.3. The number of benzene rings is 2. The summed E-state index contributed by atoms with van der Waals surface area (Å²) in [7, 11) is -1.79. The summed E-state index contributed by atoms with van der Waals surface area (Å²) in [6, 6.07) is 8.93. The molecule has 1 aliphatic heterocycles. The monoisotopic (exact) mass is 461 g/mol. The number of carbonyl (C=O) groups excluding carboxylic acids is 1. The van der Waals surface area contributed by atoms with Gasteiger partial charge >= 0.3 is 0 Å². The van der Waals surface area contributed by atoms with Crippen molar-refractivity contribution in [2.75, 3.05) is 13.1 Å². The van der Waals surface area contributed by atoms with E-state index in [-0.39, 0.29) is 29.8 Å². The molecule has 1 fully saturated rings. The van der Waals surface area contributed by atoms with Gasteiger partial charge in [-0.2, -0.15) is 9.30 Å². The molecule has 1 saturated heterocycles. The van der Waals surface area contributed by atoms with Crippen molar-refractivity contribution in [2.24, 2.45) is 18.0 Å². The molecule has 0 saturated carbocycles. The number of aryl methyl sites for hydroxylation is 3. The fourth-order valence-corrected chi connectivity index (χ4v) is 6.59. The summed E-state index contributed by atoms with van der Waals surface area (Å²) in [5.74, 6) is -1.01. The van der Waals surface area contributed by atoms with Crippen molar-refractivity contribution in [2.45, 2.75) is 31.6 Å². The summed E-state index contributed by atoms with van der Waals surface area (Å²) in [6.07, 6.45) is 0.824. The molecule has 0 atom stereocenters. The van der Waals surface area contributed by atoms with Gasteiger partial charge in [-0.15, -0.1) is 0 Å². The molecule has 6 nitrogen and oxygen atoms in total. The molecule has 0 spiro atoms. The number of carbonyl (C=O) groups is 1. The number of aromatic nitrogens is 1. The Hall–Kier alpha value is -2.36. The van der Waals surface area contributed by atoms with Crippen molar-refractivity contribution in [3.05, 3.63) is 58.1 Å². The van der Waals surface area contributed by atoms with E-state index in [0.29, 0.717) is 17.6 Å². The van der Waals surface area contributed by atoms with Gasteiger partial charge < -0.3 is 4.57 Å². The number of thiazole rings is 1. The largest absolute Gasteiger partial charge is 0.319 e. The number of nitrogens with zero attached hydrogens (tertiary/aromatic N) is 3. The predicted octanol–water partition coefficient (Wildman–Crippen LogP) is 3.52. The van der Waals surface area contributed by atoms with E-state index >= 15 is 0 Å². The highest BCUT2D eigenvalue weighted by Gasteiger charge is 2.32. The summed E-state index contributed by atoms with van der Waals surface area (Å²) >= 11 is 1.50. The van der Waals surface area contributed by atoms with E-state index in [9.17, 15) is 17.6 Å². The first kappa shape index (κ1) is 21.9. The maximum Gasteiger partial charge on any atom is 0.251 e. The number of amides is 1. The molecule has 0 N–H and O–H groups in total. The average molecular weight is 462 g/mol. The number of rotatable bonds is 3. The van der Waals surface area contributed by atoms with Crippen molar-refractivity contribution in [3.8, 4) is 0 Å². The number of halogens is 1. The van der Waals surface area contributed by atoms with Crippen molar-refractivity contribution in [1.29, 1.82) is 0 Å². The van der Waals surface area contributed by atoms with Crippen LogP contribution in [-0.4, -0.2) is 36.3 Å². The molecule has 0 radical (unpaired) electrons. The molecular weight excluding hydrogens is 437 g/mol. The van der Waals surface area contributed by atoms with Gasteiger partial charge in [0.05, 0.1) is 15.1 Å². The molecule has 1 aliphatic rings. The van der Waals surface area contributed by atoms with Gasteiger partial charge in [0.15, 0.2) is 4.80 Å². The second kappa shape index (κ2) is 8.29. The van der Waals surface area contributed by atoms with Crippen molar-refractivity contribution >= 4 is 37.5 Å². The van der Waals surface area contributed by atoms with Crippen LogP contribution >= 0.6 is 11.3 Å². The minimum absolute atomic E-state index is 0.0615. The first-order valence-corrected chi connectivity index (χ1v) is 12.3. The standard InChI is InChI=1S/C22H24FN3O3S2/c1-14-4-5-15(2)20-19(14)25(3)22(30-20)24-21(27)16-10-12-26(13-11-16)31(28,29)18-8-6-17(23)7-9-18/h4-9,16H,10-13H2,1-3H3. The van der Waals surface area contributed by atoms with Crippen LogP contribution in [0.4, 0.5) is 4.39 Å². The van der Waals surface area contributed by atoms with E-state index in [2.05, 4.69) is 17.1 Å². The Kier molecular flexibility index (Phi) is 5.85. The molecule has 0 unspecified atom stereocenters. The molecule has 3 aromatic rings. The third kappa shape index (κ3) is 4.09. The molecule has 4 rings (SSSR count). The highest BCUT2D eigenvalue weighted by Crippen LogP contribution is 2.26. The van der Waals surface area contributed by atoms with Crippen LogP contribution in [0.2, 0.25) is 0 Å². The quantitative estimate of drug-likeness (QED) is 0.599. The Balaban J connectivity index is 1.52. The number of fused-ring (bicyclic) bond motifs is 1. The maximum atomic E-state index is 13.1. The van der Waals surface area contributed by atoms with Crippen molar-refractivity contribution < 1.29 is 17.6 Å². The normalized spacial score (nSPS) is 16.8. The lowest BCUT2D eigenvalue weighted by atomic mass is 9.98. The van der Waals surface area contributed by atoms with Crippen LogP contribution in [0.15, 0.2) is 46.3 Å². The van der Waals surface area contributed by atoms with Crippen LogP contribution < -0.4 is 4.80 Å². The van der Waals surface area contributed by atoms with Gasteiger partial charge in [-0.1, -0.05) is 23.5 Å². The first-order valence-electron chi connectivity index (χ1n) is 10.1. The molecule has 2 aromatic carbocycles. The number of piperidine rings is 1. The Morgan fingerprint density at radius 1 is 1.06 bits per heavy atom. The summed E-state index contributed by atoms with van der Waals surface area (Å²) < 4.78 is 43.1. The summed E-state index contributed by atoms with van der Waals surface area (Å²) in [5, 5.41) is 0. The van der Waals surface area contributed by atoms with Gasteiger partial charge in [0.2, 0.25) is 10.0 Å². The van der Waals surface area contributed by atoms with Gasteiger partial charge in [0.25, 0.3) is 5.91 Å². The number of hydrogen-bond donors (Lipinski definition) is 0. The van der Waals surface area contributed by atoms with E-state index in [4.69, 9.17) is 0 Å². The molecule has 1 amide bonds. The summed E-state index contributed by atoms with van der Waals surface area (Å²) in [5.41, 5.74) is 3.36. The third-order valence-corrected chi connectivity index (χ3v) is 8.99. The van der Waals surface area contributed by atoms with Crippen LogP contribution in [0, 0.1) is 25.6 Å². The Labute approximate surface area is 184 Å². The average Bonchev–Trinajstić information content (AvgIpc) is 3.08. The fraction of sp³-hybridized carbons (Fsp3) is 0.364. The van der Waals surface area contributed by atoms with Crippen LogP contribution in [-0.2, 0) is 21.9 Å². The second-order valence-corrected chi connectivity index (χ2v) is 10.8. The third-order valence-electron chi connectivity index (χ3n) is 5.81. The minimum atomic E-state index is -3.70. The molecule has 0 aliphatic carbocycles. The van der Waals surface area contributed by atoms with Crippen LogP contribution in [0.3, 0.4) is 0 Å². The highest BCUT2D eigenvalue weighted by atomic mass is 32.2. The fourth-order valence-electron chi connectivity index (χ4n) is 3.95. The molecule has 31 heavy (non-hydrogen) atoms. The van der Waals surface area contributed by atoms with E-state index in [1.807, 2.05) is 25.5 Å². The second-order valence-electron chi connectivity index (χ2n) is 7.90. The molecule has 2 heterocycles. The Bertz CT molecular complexity index is 1320. The maximum absolute atomic E-state index is 13.1. The predicted molar refractivity (Wildman–Crippen MR) is 119 cm³/mol. The van der Waals surface area contributed by atoms with E-state index in [0.717, 1.165) is 33.5 Å². The molecule has 1 aromatic heterocycles. The Morgan fingerprint density at radius 3 is 2.29 bits per heavy atom. The van der Waals surface area contributed by atoms with Crippen LogP contribution in [0.25, 0.3) is 10.2 Å². The molecule has 0 bridgehead atoms. The van der Waals surface area contributed by atoms with Gasteiger partial charge in [-0.25, -0.2) is 12.8 Å². The smallest absolute Gasteiger partial charge is 0.251 e. The lowest BCUT2D eigenvalue weighted by Gasteiger charge is -2.29. The number of sulfonamides is 1. The zero-order valence-electron chi connectivity index (χ0n) is 17.6. The summed E-state index contributed by atoms with van der Waals surface area (Å²) in [4.78, 5) is 18.0. The van der Waals surface area contributed by atoms with Crippen LogP contribution in [0.1, 0.15) is 24.0 Å². The van der Waals surface area contributed by atoms with E-state index in [1.54, 1.807) is 0 Å². The lowest BCUT2D eigenvalue weighted by Crippen LogP contribution is -2.40. The number of hydrogen-bond acceptors (Lipinski definition) is 4. The minimum Gasteiger partial charge on any atom is -0.319 e. The van der Waals surface area contributed by atoms with E-state index < -0.39 is 15.8 Å². The summed E-state index contributed by atoms with van der Waals surface area (Å²) in [6.45, 7) is 4.56.